The summed E-state index contributed by atoms with van der Waals surface area (Å²) in [6.07, 6.45) is 1.93. The Bertz CT molecular complexity index is 369. The van der Waals surface area contributed by atoms with Gasteiger partial charge in [-0.2, -0.15) is 0 Å². The number of hydrogen-bond acceptors (Lipinski definition) is 4. The van der Waals surface area contributed by atoms with Gasteiger partial charge in [-0.1, -0.05) is 6.07 Å². The number of nitrogens with one attached hydrogen (secondary N) is 1. The van der Waals surface area contributed by atoms with E-state index in [0.29, 0.717) is 13.0 Å². The zero-order valence-electron chi connectivity index (χ0n) is 9.50. The molecule has 1 fully saturated rings. The summed E-state index contributed by atoms with van der Waals surface area (Å²) in [5.74, 6) is -0.116. The third-order valence-corrected chi connectivity index (χ3v) is 2.74. The standard InChI is InChI=1S/C12H16N2O3/c15-11-8-17-6-4-10(11)14-12(16)7-9-3-1-2-5-13-9/h1-3,5,10-11,15H,4,6-8H2,(H,14,16)/t10-,11-/m1/s1. The largest absolute Gasteiger partial charge is 0.389 e. The molecule has 92 valence electrons. The Morgan fingerprint density at radius 1 is 1.59 bits per heavy atom. The summed E-state index contributed by atoms with van der Waals surface area (Å²) in [5.41, 5.74) is 0.728. The van der Waals surface area contributed by atoms with Crippen molar-refractivity contribution in [1.29, 1.82) is 0 Å². The Morgan fingerprint density at radius 3 is 3.18 bits per heavy atom. The number of ether oxygens (including phenoxy) is 1. The summed E-state index contributed by atoms with van der Waals surface area (Å²) in [6, 6.07) is 5.25. The molecule has 2 rings (SSSR count). The van der Waals surface area contributed by atoms with Crippen molar-refractivity contribution in [3.8, 4) is 0 Å². The van der Waals surface area contributed by atoms with Gasteiger partial charge in [0.05, 0.1) is 25.2 Å². The van der Waals surface area contributed by atoms with Crippen LogP contribution in [0.1, 0.15) is 12.1 Å². The molecule has 1 saturated heterocycles. The first-order valence-corrected chi connectivity index (χ1v) is 5.71. The van der Waals surface area contributed by atoms with E-state index in [9.17, 15) is 9.90 Å². The van der Waals surface area contributed by atoms with Crippen LogP contribution in [0, 0.1) is 0 Å². The van der Waals surface area contributed by atoms with E-state index in [4.69, 9.17) is 4.74 Å². The Kier molecular flexibility index (Phi) is 4.06. The topological polar surface area (TPSA) is 71.5 Å². The third kappa shape index (κ3) is 3.51. The van der Waals surface area contributed by atoms with Crippen LogP contribution in [0.15, 0.2) is 24.4 Å². The lowest BCUT2D eigenvalue weighted by atomic mass is 10.1. The van der Waals surface area contributed by atoms with E-state index in [1.165, 1.54) is 0 Å². The van der Waals surface area contributed by atoms with Crippen molar-refractivity contribution in [3.05, 3.63) is 30.1 Å². The minimum atomic E-state index is -0.614. The second kappa shape index (κ2) is 5.75. The lowest BCUT2D eigenvalue weighted by molar-refractivity contribution is -0.123. The highest BCUT2D eigenvalue weighted by Crippen LogP contribution is 2.07. The van der Waals surface area contributed by atoms with Crippen LogP contribution < -0.4 is 5.32 Å². The van der Waals surface area contributed by atoms with Gasteiger partial charge in [0.25, 0.3) is 0 Å². The molecule has 1 amide bonds. The monoisotopic (exact) mass is 236 g/mol. The van der Waals surface area contributed by atoms with Crippen LogP contribution in [0.5, 0.6) is 0 Å². The highest BCUT2D eigenvalue weighted by molar-refractivity contribution is 5.78. The van der Waals surface area contributed by atoms with E-state index in [-0.39, 0.29) is 25.0 Å². The highest BCUT2D eigenvalue weighted by Gasteiger charge is 2.24. The zero-order chi connectivity index (χ0) is 12.1. The van der Waals surface area contributed by atoms with Crippen molar-refractivity contribution < 1.29 is 14.6 Å². The molecule has 0 radical (unpaired) electrons. The molecule has 0 saturated carbocycles. The normalized spacial score (nSPS) is 24.3. The average Bonchev–Trinajstić information content (AvgIpc) is 2.33. The van der Waals surface area contributed by atoms with Gasteiger partial charge in [0.15, 0.2) is 0 Å². The maximum atomic E-state index is 11.7. The second-order valence-electron chi connectivity index (χ2n) is 4.10. The lowest BCUT2D eigenvalue weighted by Gasteiger charge is -2.28. The van der Waals surface area contributed by atoms with Gasteiger partial charge in [0.1, 0.15) is 0 Å². The predicted molar refractivity (Wildman–Crippen MR) is 61.3 cm³/mol. The van der Waals surface area contributed by atoms with Gasteiger partial charge in [0.2, 0.25) is 5.91 Å². The quantitative estimate of drug-likeness (QED) is 0.768. The Morgan fingerprint density at radius 2 is 2.47 bits per heavy atom. The summed E-state index contributed by atoms with van der Waals surface area (Å²) in [5, 5.41) is 12.4. The first-order valence-electron chi connectivity index (χ1n) is 5.71. The number of aromatic nitrogens is 1. The van der Waals surface area contributed by atoms with Crippen LogP contribution in [0.25, 0.3) is 0 Å². The van der Waals surface area contributed by atoms with Gasteiger partial charge in [-0.25, -0.2) is 0 Å². The Hall–Kier alpha value is -1.46. The zero-order valence-corrected chi connectivity index (χ0v) is 9.50. The molecule has 1 aliphatic heterocycles. The second-order valence-corrected chi connectivity index (χ2v) is 4.10. The number of rotatable bonds is 3. The number of carbonyl (C=O) groups is 1. The highest BCUT2D eigenvalue weighted by atomic mass is 16.5. The van der Waals surface area contributed by atoms with E-state index < -0.39 is 6.10 Å². The number of nitrogens with zero attached hydrogens (tertiary/aromatic N) is 1. The summed E-state index contributed by atoms with van der Waals surface area (Å²) in [6.45, 7) is 0.861. The van der Waals surface area contributed by atoms with E-state index in [1.54, 1.807) is 12.3 Å². The van der Waals surface area contributed by atoms with Crippen molar-refractivity contribution >= 4 is 5.91 Å². The van der Waals surface area contributed by atoms with Gasteiger partial charge in [0, 0.05) is 18.5 Å². The minimum absolute atomic E-state index is 0.116. The molecule has 0 aromatic carbocycles. The molecule has 2 heterocycles. The number of pyridine rings is 1. The molecule has 2 atom stereocenters. The molecule has 2 N–H and O–H groups in total. The smallest absolute Gasteiger partial charge is 0.226 e. The Labute approximate surface area is 99.8 Å². The van der Waals surface area contributed by atoms with Gasteiger partial charge < -0.3 is 15.2 Å². The van der Waals surface area contributed by atoms with Crippen LogP contribution in [0.4, 0.5) is 0 Å². The molecule has 5 heteroatoms. The fourth-order valence-electron chi connectivity index (χ4n) is 1.82. The molecule has 1 aromatic heterocycles. The minimum Gasteiger partial charge on any atom is -0.389 e. The molecule has 0 unspecified atom stereocenters. The van der Waals surface area contributed by atoms with E-state index >= 15 is 0 Å². The first kappa shape index (κ1) is 12.0. The molecular formula is C12H16N2O3. The number of amides is 1. The first-order chi connectivity index (χ1) is 8.25. The third-order valence-electron chi connectivity index (χ3n) is 2.74. The summed E-state index contributed by atoms with van der Waals surface area (Å²) < 4.78 is 5.10. The summed E-state index contributed by atoms with van der Waals surface area (Å²) in [7, 11) is 0. The fourth-order valence-corrected chi connectivity index (χ4v) is 1.82. The average molecular weight is 236 g/mol. The maximum absolute atomic E-state index is 11.7. The Balaban J connectivity index is 1.84. The SMILES string of the molecule is O=C(Cc1ccccn1)N[C@@H]1CCOC[C@H]1O. The number of hydrogen-bond donors (Lipinski definition) is 2. The van der Waals surface area contributed by atoms with Crippen LogP contribution in [0.3, 0.4) is 0 Å². The molecule has 1 aliphatic rings. The van der Waals surface area contributed by atoms with Crippen molar-refractivity contribution in [2.75, 3.05) is 13.2 Å². The molecular weight excluding hydrogens is 220 g/mol. The van der Waals surface area contributed by atoms with Gasteiger partial charge in [-0.15, -0.1) is 0 Å². The van der Waals surface area contributed by atoms with E-state index in [0.717, 1.165) is 5.69 Å². The molecule has 0 bridgehead atoms. The van der Waals surface area contributed by atoms with Crippen LogP contribution >= 0.6 is 0 Å². The van der Waals surface area contributed by atoms with Gasteiger partial charge >= 0.3 is 0 Å². The maximum Gasteiger partial charge on any atom is 0.226 e. The van der Waals surface area contributed by atoms with Crippen LogP contribution in [-0.2, 0) is 16.0 Å². The summed E-state index contributed by atoms with van der Waals surface area (Å²) in [4.78, 5) is 15.8. The molecule has 5 nitrogen and oxygen atoms in total. The van der Waals surface area contributed by atoms with E-state index in [2.05, 4.69) is 10.3 Å². The van der Waals surface area contributed by atoms with E-state index in [1.807, 2.05) is 12.1 Å². The van der Waals surface area contributed by atoms with Crippen molar-refractivity contribution in [2.45, 2.75) is 25.0 Å². The van der Waals surface area contributed by atoms with Gasteiger partial charge in [-0.05, 0) is 18.6 Å². The number of aliphatic hydroxyl groups excluding tert-OH is 1. The van der Waals surface area contributed by atoms with Crippen molar-refractivity contribution in [1.82, 2.24) is 10.3 Å². The number of aliphatic hydroxyl groups is 1. The molecule has 17 heavy (non-hydrogen) atoms. The molecule has 1 aromatic rings. The molecule has 0 aliphatic carbocycles. The van der Waals surface area contributed by atoms with Crippen LogP contribution in [0.2, 0.25) is 0 Å². The van der Waals surface area contributed by atoms with Crippen LogP contribution in [-0.4, -0.2) is 41.4 Å². The van der Waals surface area contributed by atoms with Crippen molar-refractivity contribution in [3.63, 3.8) is 0 Å². The molecule has 0 spiro atoms. The van der Waals surface area contributed by atoms with Gasteiger partial charge in [-0.3, -0.25) is 9.78 Å². The predicted octanol–water partition coefficient (Wildman–Crippen LogP) is -0.110. The fraction of sp³-hybridized carbons (Fsp3) is 0.500. The number of carbonyl (C=O) groups excluding carboxylic acids is 1. The lowest BCUT2D eigenvalue weighted by Crippen LogP contribution is -2.49. The van der Waals surface area contributed by atoms with Crippen molar-refractivity contribution in [2.24, 2.45) is 0 Å². The summed E-state index contributed by atoms with van der Waals surface area (Å²) >= 11 is 0.